The van der Waals surface area contributed by atoms with E-state index in [0.717, 1.165) is 82.7 Å². The summed E-state index contributed by atoms with van der Waals surface area (Å²) in [6, 6.07) is 9.85. The van der Waals surface area contributed by atoms with E-state index >= 15 is 0 Å². The highest BCUT2D eigenvalue weighted by molar-refractivity contribution is 5.84. The Bertz CT molecular complexity index is 1540. The molecule has 5 aliphatic carbocycles. The van der Waals surface area contributed by atoms with Crippen LogP contribution in [-0.2, 0) is 30.5 Å². The van der Waals surface area contributed by atoms with Crippen LogP contribution < -0.4 is 5.32 Å². The Hall–Kier alpha value is -2.63. The van der Waals surface area contributed by atoms with Gasteiger partial charge in [0.2, 0.25) is 5.91 Å². The molecule has 0 aliphatic heterocycles. The van der Waals surface area contributed by atoms with Crippen molar-refractivity contribution in [3.63, 3.8) is 0 Å². The topological polar surface area (TPSA) is 81.7 Å². The zero-order valence-corrected chi connectivity index (χ0v) is 35.7. The number of unbranched alkanes of at least 4 members (excludes halogenated alkanes) is 6. The number of amides is 1. The number of benzene rings is 1. The van der Waals surface area contributed by atoms with Gasteiger partial charge in [0.05, 0.1) is 5.41 Å². The number of esters is 2. The second kappa shape index (κ2) is 16.7. The Morgan fingerprint density at radius 2 is 1.44 bits per heavy atom. The molecule has 0 bridgehead atoms. The number of rotatable bonds is 15. The fourth-order valence-corrected chi connectivity index (χ4v) is 14.4. The summed E-state index contributed by atoms with van der Waals surface area (Å²) in [5.74, 6) is 2.60. The van der Waals surface area contributed by atoms with Crippen molar-refractivity contribution >= 4 is 17.8 Å². The number of hydrogen-bond donors (Lipinski definition) is 1. The molecular weight excluding hydrogens is 683 g/mol. The van der Waals surface area contributed by atoms with Gasteiger partial charge in [0, 0.05) is 25.3 Å². The summed E-state index contributed by atoms with van der Waals surface area (Å²) in [6.45, 7) is 22.1. The minimum Gasteiger partial charge on any atom is -0.462 e. The summed E-state index contributed by atoms with van der Waals surface area (Å²) in [4.78, 5) is 38.7. The summed E-state index contributed by atoms with van der Waals surface area (Å²) < 4.78 is 11.4. The lowest BCUT2D eigenvalue weighted by molar-refractivity contribution is -0.248. The highest BCUT2D eigenvalue weighted by Crippen LogP contribution is 2.77. The molecule has 10 atom stereocenters. The van der Waals surface area contributed by atoms with E-state index in [2.05, 4.69) is 53.4 Å². The number of carbonyl (C=O) groups is 3. The van der Waals surface area contributed by atoms with E-state index in [9.17, 15) is 14.4 Å². The van der Waals surface area contributed by atoms with E-state index in [1.807, 2.05) is 30.3 Å². The van der Waals surface area contributed by atoms with Crippen LogP contribution in [0.4, 0.5) is 0 Å². The van der Waals surface area contributed by atoms with E-state index in [0.29, 0.717) is 48.5 Å². The van der Waals surface area contributed by atoms with E-state index in [-0.39, 0.29) is 45.1 Å². The van der Waals surface area contributed by atoms with Gasteiger partial charge in [-0.2, -0.15) is 0 Å². The van der Waals surface area contributed by atoms with Gasteiger partial charge in [0.15, 0.2) is 0 Å². The highest BCUT2D eigenvalue weighted by Gasteiger charge is 2.72. The van der Waals surface area contributed by atoms with Gasteiger partial charge in [-0.25, -0.2) is 0 Å². The average molecular weight is 758 g/mol. The van der Waals surface area contributed by atoms with Gasteiger partial charge in [0.25, 0.3) is 0 Å². The molecule has 5 aliphatic rings. The predicted molar refractivity (Wildman–Crippen MR) is 221 cm³/mol. The minimum atomic E-state index is -0.273. The maximum absolute atomic E-state index is 14.5. The fourth-order valence-electron chi connectivity index (χ4n) is 14.4. The van der Waals surface area contributed by atoms with Crippen LogP contribution in [0, 0.1) is 56.7 Å². The SMILES string of the molecule is C=C(C)[C@@H]1CC[C@]2(C(=O)NCCCCCCCCCC(=O)OCc3ccccc3)CC[C@]3(C)[C@H](CC[C@@H]4[C@@]5(C)CC[C@H](OC(C)=O)C(C)(C)[C@@H]5CC[C@]43C)[C@@H]12. The molecule has 0 unspecified atom stereocenters. The van der Waals surface area contributed by atoms with E-state index < -0.39 is 0 Å². The average Bonchev–Trinajstić information content (AvgIpc) is 3.55. The van der Waals surface area contributed by atoms with E-state index in [1.54, 1.807) is 6.92 Å². The molecule has 0 radical (unpaired) electrons. The Labute approximate surface area is 334 Å². The molecule has 0 saturated heterocycles. The predicted octanol–water partition coefficient (Wildman–Crippen LogP) is 11.6. The number of ether oxygens (including phenoxy) is 2. The summed E-state index contributed by atoms with van der Waals surface area (Å²) in [7, 11) is 0. The largest absolute Gasteiger partial charge is 0.462 e. The van der Waals surface area contributed by atoms with Crippen LogP contribution in [0.1, 0.15) is 170 Å². The Morgan fingerprint density at radius 3 is 2.13 bits per heavy atom. The van der Waals surface area contributed by atoms with Crippen molar-refractivity contribution < 1.29 is 23.9 Å². The number of hydrogen-bond acceptors (Lipinski definition) is 5. The fraction of sp³-hybridized carbons (Fsp3) is 0.776. The molecule has 5 fully saturated rings. The summed E-state index contributed by atoms with van der Waals surface area (Å²) in [6.07, 6.45) is 19.3. The molecule has 0 heterocycles. The van der Waals surface area contributed by atoms with Gasteiger partial charge >= 0.3 is 11.9 Å². The standard InChI is InChI=1S/C49H75NO5/c1-34(2)37-24-29-49(44(53)50-32-18-13-11-9-10-12-17-21-42(52)54-33-36-19-15-14-16-20-36)31-30-47(7)38(43(37)49)22-23-40-46(6)27-26-41(55-35(3)51)45(4,5)39(46)25-28-48(40,47)8/h14-16,19-20,37-41,43H,1,9-13,17-18,21-33H2,2-8H3,(H,50,53)/t37-,38+,39-,40+,41-,43+,46-,47+,48+,49-/m0/s1. The third kappa shape index (κ3) is 7.84. The second-order valence-electron chi connectivity index (χ2n) is 20.4. The van der Waals surface area contributed by atoms with Crippen LogP contribution in [0.2, 0.25) is 0 Å². The van der Waals surface area contributed by atoms with Crippen molar-refractivity contribution in [3.8, 4) is 0 Å². The van der Waals surface area contributed by atoms with Gasteiger partial charge in [-0.1, -0.05) is 109 Å². The molecule has 306 valence electrons. The maximum Gasteiger partial charge on any atom is 0.306 e. The van der Waals surface area contributed by atoms with Crippen LogP contribution in [-0.4, -0.2) is 30.5 Å². The molecule has 6 nitrogen and oxygen atoms in total. The summed E-state index contributed by atoms with van der Waals surface area (Å²) >= 11 is 0. The van der Waals surface area contributed by atoms with Crippen molar-refractivity contribution in [2.45, 2.75) is 177 Å². The molecule has 55 heavy (non-hydrogen) atoms. The Morgan fingerprint density at radius 1 is 0.745 bits per heavy atom. The molecule has 6 rings (SSSR count). The third-order valence-electron chi connectivity index (χ3n) is 17.4. The molecule has 1 amide bonds. The number of nitrogens with one attached hydrogen (secondary N) is 1. The first-order valence-electron chi connectivity index (χ1n) is 22.4. The van der Waals surface area contributed by atoms with Crippen LogP contribution in [0.5, 0.6) is 0 Å². The third-order valence-corrected chi connectivity index (χ3v) is 17.4. The Balaban J connectivity index is 1.01. The number of carbonyl (C=O) groups excluding carboxylic acids is 3. The van der Waals surface area contributed by atoms with Gasteiger partial charge in [-0.05, 0) is 135 Å². The first kappa shape index (κ1) is 42.0. The molecule has 0 aromatic heterocycles. The van der Waals surface area contributed by atoms with Crippen molar-refractivity contribution in [2.75, 3.05) is 6.54 Å². The monoisotopic (exact) mass is 758 g/mol. The minimum absolute atomic E-state index is 0.00242. The van der Waals surface area contributed by atoms with Crippen molar-refractivity contribution in [3.05, 3.63) is 48.0 Å². The molecule has 1 aromatic carbocycles. The van der Waals surface area contributed by atoms with E-state index in [4.69, 9.17) is 9.47 Å². The smallest absolute Gasteiger partial charge is 0.306 e. The zero-order chi connectivity index (χ0) is 39.6. The van der Waals surface area contributed by atoms with Gasteiger partial charge in [-0.15, -0.1) is 0 Å². The van der Waals surface area contributed by atoms with Gasteiger partial charge < -0.3 is 14.8 Å². The van der Waals surface area contributed by atoms with Crippen molar-refractivity contribution in [1.82, 2.24) is 5.32 Å². The van der Waals surface area contributed by atoms with Crippen LogP contribution in [0.15, 0.2) is 42.5 Å². The second-order valence-corrected chi connectivity index (χ2v) is 20.4. The lowest BCUT2D eigenvalue weighted by Gasteiger charge is -2.72. The van der Waals surface area contributed by atoms with Gasteiger partial charge in [0.1, 0.15) is 12.7 Å². The van der Waals surface area contributed by atoms with E-state index in [1.165, 1.54) is 44.1 Å². The van der Waals surface area contributed by atoms with Crippen molar-refractivity contribution in [2.24, 2.45) is 56.7 Å². The molecule has 6 heteroatoms. The lowest BCUT2D eigenvalue weighted by Crippen LogP contribution is -2.67. The van der Waals surface area contributed by atoms with Crippen LogP contribution in [0.3, 0.4) is 0 Å². The lowest BCUT2D eigenvalue weighted by atomic mass is 9.32. The molecular formula is C49H75NO5. The van der Waals surface area contributed by atoms with Crippen molar-refractivity contribution in [1.29, 1.82) is 0 Å². The highest BCUT2D eigenvalue weighted by atomic mass is 16.5. The summed E-state index contributed by atoms with van der Waals surface area (Å²) in [5.41, 5.74) is 2.64. The zero-order valence-electron chi connectivity index (χ0n) is 35.7. The quantitative estimate of drug-likeness (QED) is 0.109. The van der Waals surface area contributed by atoms with Gasteiger partial charge in [-0.3, -0.25) is 14.4 Å². The molecule has 1 N–H and O–H groups in total. The molecule has 0 spiro atoms. The first-order chi connectivity index (χ1) is 26.1. The normalized spacial score (nSPS) is 37.4. The maximum atomic E-state index is 14.5. The molecule has 1 aromatic rings. The number of fused-ring (bicyclic) bond motifs is 7. The van der Waals surface area contributed by atoms with Crippen LogP contribution in [0.25, 0.3) is 0 Å². The summed E-state index contributed by atoms with van der Waals surface area (Å²) in [5, 5.41) is 3.51. The Kier molecular flexibility index (Phi) is 12.7. The molecule has 5 saturated carbocycles. The number of allylic oxidation sites excluding steroid dienone is 1. The van der Waals surface area contributed by atoms with Crippen LogP contribution >= 0.6 is 0 Å². The first-order valence-corrected chi connectivity index (χ1v) is 22.4.